The number of hydrogen-bond acceptors (Lipinski definition) is 0. The first-order valence-electron chi connectivity index (χ1n) is 13.5. The molecule has 0 aromatic heterocycles. The molecule has 0 bridgehead atoms. The smallest absolute Gasteiger partial charge is 0.101 e. The van der Waals surface area contributed by atoms with Crippen molar-refractivity contribution >= 4 is 163 Å². The van der Waals surface area contributed by atoms with Crippen molar-refractivity contribution in [3.05, 3.63) is 54.6 Å². The highest BCUT2D eigenvalue weighted by Crippen LogP contribution is 2.35. The van der Waals surface area contributed by atoms with Crippen LogP contribution in [0.15, 0.2) is 54.6 Å². The molecule has 0 saturated heterocycles. The molecule has 0 radical (unpaired) electrons. The Morgan fingerprint density at radius 2 is 0.784 bits per heavy atom. The Morgan fingerprint density at radius 3 is 1.32 bits per heavy atom. The fraction of sp³-hybridized carbons (Fsp3) is 0. The summed E-state index contributed by atoms with van der Waals surface area (Å²) in [5.74, 6) is 0. The molecule has 0 spiro atoms. The predicted molar refractivity (Wildman–Crippen MR) is 196 cm³/mol. The summed E-state index contributed by atoms with van der Waals surface area (Å²) in [7, 11) is 20.8. The van der Waals surface area contributed by atoms with Crippen LogP contribution in [0.1, 0.15) is 0 Å². The van der Waals surface area contributed by atoms with Crippen molar-refractivity contribution in [1.82, 2.24) is 0 Å². The first kappa shape index (κ1) is 24.3. The van der Waals surface area contributed by atoms with Gasteiger partial charge in [0.05, 0.1) is 0 Å². The molecule has 6 aromatic carbocycles. The van der Waals surface area contributed by atoms with Crippen LogP contribution >= 0.6 is 0 Å². The quantitative estimate of drug-likeness (QED) is 0.130. The molecule has 0 atom stereocenters. The van der Waals surface area contributed by atoms with Crippen LogP contribution in [0.25, 0.3) is 54.2 Å². The lowest BCUT2D eigenvalue weighted by Gasteiger charge is -2.27. The van der Waals surface area contributed by atoms with Crippen LogP contribution in [0.3, 0.4) is 0 Å². The van der Waals surface area contributed by atoms with Crippen LogP contribution in [0.4, 0.5) is 0 Å². The third kappa shape index (κ3) is 3.29. The van der Waals surface area contributed by atoms with E-state index < -0.39 is 0 Å². The van der Waals surface area contributed by atoms with Gasteiger partial charge in [0.25, 0.3) is 0 Å². The van der Waals surface area contributed by atoms with Gasteiger partial charge in [-0.2, -0.15) is 0 Å². The number of fused-ring (bicyclic) bond motifs is 5. The van der Waals surface area contributed by atoms with E-state index in [4.69, 9.17) is 0 Å². The van der Waals surface area contributed by atoms with Gasteiger partial charge in [-0.15, -0.1) is 21.9 Å². The van der Waals surface area contributed by atoms with Crippen LogP contribution in [-0.4, -0.2) is 70.6 Å². The van der Waals surface area contributed by atoms with Gasteiger partial charge < -0.3 is 0 Å². The lowest BCUT2D eigenvalue weighted by Crippen LogP contribution is -2.51. The van der Waals surface area contributed by atoms with Crippen LogP contribution in [0.5, 0.6) is 0 Å². The first-order chi connectivity index (χ1) is 17.6. The summed E-state index contributed by atoms with van der Waals surface area (Å²) >= 11 is 0. The second-order valence-electron chi connectivity index (χ2n) is 11.2. The highest BCUT2D eigenvalue weighted by atomic mass is 14.2. The van der Waals surface area contributed by atoms with Gasteiger partial charge in [-0.05, 0) is 60.3 Å². The molecule has 0 heterocycles. The average Bonchev–Trinajstić information content (AvgIpc) is 2.91. The maximum absolute atomic E-state index is 2.45. The molecule has 0 aliphatic rings. The number of benzene rings is 6. The SMILES string of the molecule is Bc1c(B)c(B)c2c(-c3ccc4ccc5ccccc5c4c3)c3c(B)c(B)c(B)c(B)c3c(B)c2c1B. The fourth-order valence-electron chi connectivity index (χ4n) is 6.88. The van der Waals surface area contributed by atoms with Gasteiger partial charge in [-0.1, -0.05) is 75.8 Å². The minimum absolute atomic E-state index is 1.29. The minimum Gasteiger partial charge on any atom is -0.101 e. The Bertz CT molecular complexity index is 1900. The molecule has 0 aliphatic heterocycles. The van der Waals surface area contributed by atoms with Gasteiger partial charge in [0.15, 0.2) is 0 Å². The Labute approximate surface area is 228 Å². The van der Waals surface area contributed by atoms with E-state index >= 15 is 0 Å². The van der Waals surface area contributed by atoms with Crippen molar-refractivity contribution < 1.29 is 0 Å². The van der Waals surface area contributed by atoms with Crippen LogP contribution in [-0.2, 0) is 0 Å². The third-order valence-electron chi connectivity index (χ3n) is 9.66. The third-order valence-corrected chi connectivity index (χ3v) is 9.66. The zero-order valence-electron chi connectivity index (χ0n) is 23.7. The van der Waals surface area contributed by atoms with Crippen molar-refractivity contribution in [2.45, 2.75) is 0 Å². The second-order valence-corrected chi connectivity index (χ2v) is 11.2. The zero-order chi connectivity index (χ0) is 26.3. The monoisotopic (exact) mass is 462 g/mol. The van der Waals surface area contributed by atoms with Crippen molar-refractivity contribution in [2.75, 3.05) is 0 Å². The minimum atomic E-state index is 1.29. The van der Waals surface area contributed by atoms with E-state index in [2.05, 4.69) is 125 Å². The van der Waals surface area contributed by atoms with Crippen molar-refractivity contribution in [1.29, 1.82) is 0 Å². The maximum Gasteiger partial charge on any atom is 0.140 e. The molecule has 0 nitrogen and oxygen atoms in total. The average molecular weight is 461 g/mol. The van der Waals surface area contributed by atoms with Crippen LogP contribution in [0, 0.1) is 0 Å². The highest BCUT2D eigenvalue weighted by molar-refractivity contribution is 6.73. The molecule has 0 saturated carbocycles. The van der Waals surface area contributed by atoms with Crippen molar-refractivity contribution in [3.8, 4) is 11.1 Å². The topological polar surface area (TPSA) is 0 Å². The van der Waals surface area contributed by atoms with Crippen molar-refractivity contribution in [2.24, 2.45) is 0 Å². The molecule has 0 aliphatic carbocycles. The fourth-order valence-corrected chi connectivity index (χ4v) is 6.88. The van der Waals surface area contributed by atoms with Crippen LogP contribution < -0.4 is 49.2 Å². The molecular formula is C28H27B9. The summed E-state index contributed by atoms with van der Waals surface area (Å²) in [6, 6.07) is 20.4. The molecule has 0 amide bonds. The first-order valence-corrected chi connectivity index (χ1v) is 13.5. The van der Waals surface area contributed by atoms with E-state index in [0.717, 1.165) is 0 Å². The number of hydrogen-bond donors (Lipinski definition) is 0. The largest absolute Gasteiger partial charge is 0.140 e. The molecule has 0 fully saturated rings. The predicted octanol–water partition coefficient (Wildman–Crippen LogP) is -7.71. The summed E-state index contributed by atoms with van der Waals surface area (Å²) in [6.07, 6.45) is 0. The van der Waals surface area contributed by atoms with Gasteiger partial charge in [0.1, 0.15) is 70.6 Å². The summed E-state index contributed by atoms with van der Waals surface area (Å²) in [6.45, 7) is 0. The standard InChI is InChI=1S/C28H27B9/c29-20-18-16(21(30)25(34)27(36)23(18)32)15(17-19(20)24(33)28(37)26(35)22(17)31)12-8-7-11-6-5-10-3-1-2-4-13(10)14(11)9-12/h1-9H,29-37H2. The van der Waals surface area contributed by atoms with E-state index in [0.29, 0.717) is 0 Å². The van der Waals surface area contributed by atoms with E-state index in [1.54, 1.807) is 0 Å². The normalized spacial score (nSPS) is 11.7. The van der Waals surface area contributed by atoms with Crippen molar-refractivity contribution in [3.63, 3.8) is 0 Å². The lowest BCUT2D eigenvalue weighted by atomic mass is 9.58. The van der Waals surface area contributed by atoms with Crippen LogP contribution in [0.2, 0.25) is 0 Å². The molecule has 0 unspecified atom stereocenters. The summed E-state index contributed by atoms with van der Waals surface area (Å²) in [5.41, 5.74) is 15.4. The zero-order valence-corrected chi connectivity index (χ0v) is 23.7. The van der Waals surface area contributed by atoms with Gasteiger partial charge in [-0.25, -0.2) is 0 Å². The van der Waals surface area contributed by atoms with Gasteiger partial charge in [-0.3, -0.25) is 0 Å². The highest BCUT2D eigenvalue weighted by Gasteiger charge is 2.22. The Balaban J connectivity index is 1.93. The Kier molecular flexibility index (Phi) is 5.57. The molecule has 0 N–H and O–H groups in total. The summed E-state index contributed by atoms with van der Waals surface area (Å²) < 4.78 is 0. The molecule has 6 aromatic rings. The van der Waals surface area contributed by atoms with Gasteiger partial charge >= 0.3 is 0 Å². The maximum atomic E-state index is 2.45. The lowest BCUT2D eigenvalue weighted by molar-refractivity contribution is 1.75. The number of rotatable bonds is 1. The van der Waals surface area contributed by atoms with E-state index in [-0.39, 0.29) is 0 Å². The molecule has 166 valence electrons. The second kappa shape index (κ2) is 8.49. The summed E-state index contributed by atoms with van der Waals surface area (Å²) in [4.78, 5) is 0. The molecule has 6 rings (SSSR count). The Morgan fingerprint density at radius 1 is 0.351 bits per heavy atom. The van der Waals surface area contributed by atoms with E-state index in [9.17, 15) is 0 Å². The molecule has 37 heavy (non-hydrogen) atoms. The summed E-state index contributed by atoms with van der Waals surface area (Å²) in [5, 5.41) is 11.0. The van der Waals surface area contributed by atoms with E-state index in [1.807, 2.05) is 0 Å². The van der Waals surface area contributed by atoms with Gasteiger partial charge in [0, 0.05) is 0 Å². The molecular weight excluding hydrogens is 434 g/mol. The molecule has 9 heteroatoms. The van der Waals surface area contributed by atoms with Gasteiger partial charge in [0.2, 0.25) is 0 Å². The van der Waals surface area contributed by atoms with E-state index in [1.165, 1.54) is 103 Å². The Hall–Kier alpha value is -3.06.